The first-order valence-corrected chi connectivity index (χ1v) is 8.68. The number of methoxy groups -OCH3 is 1. The van der Waals surface area contributed by atoms with Crippen molar-refractivity contribution in [3.63, 3.8) is 0 Å². The lowest BCUT2D eigenvalue weighted by atomic mass is 10.1. The third kappa shape index (κ3) is 2.73. The zero-order valence-corrected chi connectivity index (χ0v) is 15.5. The molecule has 2 aromatic heterocycles. The standard InChI is InChI=1S/C21H19N5O2/c1-12-8-9-14(28-2)10-16(12)26-19(22)17(20(23)27)18-21(26)25-15(11-24-18)13-6-4-3-5-7-13/h3-11H,22H2,1-2H3,(H2,23,27). The molecule has 0 aliphatic rings. The van der Waals surface area contributed by atoms with Gasteiger partial charge in [-0.3, -0.25) is 9.36 Å². The molecule has 28 heavy (non-hydrogen) atoms. The average Bonchev–Trinajstić information content (AvgIpc) is 3.00. The molecule has 7 heteroatoms. The van der Waals surface area contributed by atoms with E-state index in [1.165, 1.54) is 0 Å². The van der Waals surface area contributed by atoms with Crippen LogP contribution in [0.5, 0.6) is 5.75 Å². The van der Waals surface area contributed by atoms with E-state index in [1.807, 2.05) is 55.5 Å². The van der Waals surface area contributed by atoms with Gasteiger partial charge in [-0.1, -0.05) is 36.4 Å². The first-order valence-electron chi connectivity index (χ1n) is 8.68. The van der Waals surface area contributed by atoms with Gasteiger partial charge in [-0.15, -0.1) is 0 Å². The Balaban J connectivity index is 2.07. The highest BCUT2D eigenvalue weighted by Gasteiger charge is 2.24. The second kappa shape index (κ2) is 6.70. The molecule has 1 amide bonds. The fourth-order valence-electron chi connectivity index (χ4n) is 3.25. The van der Waals surface area contributed by atoms with Crippen LogP contribution in [0.25, 0.3) is 28.1 Å². The molecule has 0 saturated heterocycles. The smallest absolute Gasteiger partial charge is 0.254 e. The largest absolute Gasteiger partial charge is 0.497 e. The van der Waals surface area contributed by atoms with Gasteiger partial charge in [0.05, 0.1) is 24.7 Å². The van der Waals surface area contributed by atoms with Crippen LogP contribution in [0.2, 0.25) is 0 Å². The summed E-state index contributed by atoms with van der Waals surface area (Å²) in [7, 11) is 1.59. The number of aromatic nitrogens is 3. The number of aryl methyl sites for hydroxylation is 1. The second-order valence-corrected chi connectivity index (χ2v) is 6.41. The first-order chi connectivity index (χ1) is 13.5. The minimum atomic E-state index is -0.649. The third-order valence-corrected chi connectivity index (χ3v) is 4.67. The third-order valence-electron chi connectivity index (χ3n) is 4.67. The number of primary amides is 1. The van der Waals surface area contributed by atoms with E-state index in [1.54, 1.807) is 17.9 Å². The molecule has 0 aliphatic carbocycles. The zero-order valence-electron chi connectivity index (χ0n) is 15.5. The van der Waals surface area contributed by atoms with Crippen molar-refractivity contribution in [2.75, 3.05) is 12.8 Å². The molecule has 4 rings (SSSR count). The van der Waals surface area contributed by atoms with Crippen LogP contribution in [0.4, 0.5) is 5.82 Å². The van der Waals surface area contributed by atoms with Gasteiger partial charge in [0.1, 0.15) is 22.6 Å². The van der Waals surface area contributed by atoms with Gasteiger partial charge in [0.25, 0.3) is 5.91 Å². The summed E-state index contributed by atoms with van der Waals surface area (Å²) >= 11 is 0. The minimum absolute atomic E-state index is 0.157. The predicted octanol–water partition coefficient (Wildman–Crippen LogP) is 3.09. The van der Waals surface area contributed by atoms with Crippen molar-refractivity contribution in [3.05, 3.63) is 65.9 Å². The van der Waals surface area contributed by atoms with Crippen LogP contribution in [-0.2, 0) is 0 Å². The maximum absolute atomic E-state index is 12.1. The van der Waals surface area contributed by atoms with Gasteiger partial charge < -0.3 is 16.2 Å². The van der Waals surface area contributed by atoms with Gasteiger partial charge in [0, 0.05) is 11.6 Å². The number of hydrogen-bond acceptors (Lipinski definition) is 5. The van der Waals surface area contributed by atoms with Crippen LogP contribution in [0.15, 0.2) is 54.7 Å². The SMILES string of the molecule is COc1ccc(C)c(-n2c(N)c(C(N)=O)c3ncc(-c4ccccc4)nc32)c1. The van der Waals surface area contributed by atoms with E-state index in [2.05, 4.69) is 4.98 Å². The van der Waals surface area contributed by atoms with E-state index in [9.17, 15) is 4.79 Å². The molecule has 0 bridgehead atoms. The molecule has 0 unspecified atom stereocenters. The molecule has 0 atom stereocenters. The highest BCUT2D eigenvalue weighted by Crippen LogP contribution is 2.33. The Morgan fingerprint density at radius 2 is 1.89 bits per heavy atom. The van der Waals surface area contributed by atoms with Crippen LogP contribution in [0, 0.1) is 6.92 Å². The number of rotatable bonds is 4. The number of nitrogens with two attached hydrogens (primary N) is 2. The molecule has 0 spiro atoms. The number of nitrogen functional groups attached to an aromatic ring is 1. The summed E-state index contributed by atoms with van der Waals surface area (Å²) in [5.74, 6) is 0.210. The molecule has 0 aliphatic heterocycles. The lowest BCUT2D eigenvalue weighted by molar-refractivity contribution is 0.100. The highest BCUT2D eigenvalue weighted by atomic mass is 16.5. The molecule has 140 valence electrons. The van der Waals surface area contributed by atoms with Crippen molar-refractivity contribution >= 4 is 22.9 Å². The number of amides is 1. The van der Waals surface area contributed by atoms with Gasteiger partial charge in [-0.2, -0.15) is 0 Å². The molecular formula is C21H19N5O2. The summed E-state index contributed by atoms with van der Waals surface area (Å²) in [4.78, 5) is 21.3. The summed E-state index contributed by atoms with van der Waals surface area (Å²) in [5.41, 5.74) is 16.2. The maximum Gasteiger partial charge on any atom is 0.254 e. The van der Waals surface area contributed by atoms with E-state index in [0.29, 0.717) is 22.6 Å². The number of hydrogen-bond donors (Lipinski definition) is 2. The summed E-state index contributed by atoms with van der Waals surface area (Å²) in [5, 5.41) is 0. The second-order valence-electron chi connectivity index (χ2n) is 6.41. The van der Waals surface area contributed by atoms with E-state index in [-0.39, 0.29) is 11.4 Å². The molecule has 2 heterocycles. The van der Waals surface area contributed by atoms with Gasteiger partial charge in [0.2, 0.25) is 0 Å². The van der Waals surface area contributed by atoms with Crippen molar-refractivity contribution < 1.29 is 9.53 Å². The monoisotopic (exact) mass is 373 g/mol. The maximum atomic E-state index is 12.1. The normalized spacial score (nSPS) is 10.9. The predicted molar refractivity (Wildman–Crippen MR) is 109 cm³/mol. The summed E-state index contributed by atoms with van der Waals surface area (Å²) < 4.78 is 7.05. The molecule has 0 saturated carbocycles. The molecule has 2 aromatic carbocycles. The lowest BCUT2D eigenvalue weighted by Gasteiger charge is -2.12. The molecule has 0 radical (unpaired) electrons. The molecular weight excluding hydrogens is 354 g/mol. The number of anilines is 1. The highest BCUT2D eigenvalue weighted by molar-refractivity contribution is 6.09. The fourth-order valence-corrected chi connectivity index (χ4v) is 3.25. The van der Waals surface area contributed by atoms with Gasteiger partial charge in [-0.05, 0) is 18.6 Å². The van der Waals surface area contributed by atoms with E-state index in [4.69, 9.17) is 21.2 Å². The van der Waals surface area contributed by atoms with Gasteiger partial charge in [0.15, 0.2) is 5.65 Å². The van der Waals surface area contributed by atoms with Crippen molar-refractivity contribution in [2.45, 2.75) is 6.92 Å². The Kier molecular flexibility index (Phi) is 4.19. The number of carbonyl (C=O) groups excluding carboxylic acids is 1. The number of fused-ring (bicyclic) bond motifs is 1. The van der Waals surface area contributed by atoms with Gasteiger partial charge >= 0.3 is 0 Å². The Hall–Kier alpha value is -3.87. The van der Waals surface area contributed by atoms with Crippen LogP contribution in [0.3, 0.4) is 0 Å². The van der Waals surface area contributed by atoms with Crippen molar-refractivity contribution in [1.29, 1.82) is 0 Å². The van der Waals surface area contributed by atoms with Crippen LogP contribution >= 0.6 is 0 Å². The van der Waals surface area contributed by atoms with Crippen LogP contribution in [-0.4, -0.2) is 27.6 Å². The molecule has 0 fully saturated rings. The lowest BCUT2D eigenvalue weighted by Crippen LogP contribution is -2.14. The Morgan fingerprint density at radius 1 is 1.14 bits per heavy atom. The first kappa shape index (κ1) is 17.5. The van der Waals surface area contributed by atoms with E-state index < -0.39 is 5.91 Å². The van der Waals surface area contributed by atoms with Crippen molar-refractivity contribution in [3.8, 4) is 22.7 Å². The van der Waals surface area contributed by atoms with Crippen LogP contribution in [0.1, 0.15) is 15.9 Å². The Morgan fingerprint density at radius 3 is 2.57 bits per heavy atom. The number of benzene rings is 2. The van der Waals surface area contributed by atoms with Crippen LogP contribution < -0.4 is 16.2 Å². The summed E-state index contributed by atoms with van der Waals surface area (Å²) in [6, 6.07) is 15.3. The quantitative estimate of drug-likeness (QED) is 0.571. The summed E-state index contributed by atoms with van der Waals surface area (Å²) in [6.07, 6.45) is 1.62. The number of carbonyl (C=O) groups is 1. The van der Waals surface area contributed by atoms with E-state index in [0.717, 1.165) is 16.8 Å². The van der Waals surface area contributed by atoms with Gasteiger partial charge in [-0.25, -0.2) is 9.97 Å². The topological polar surface area (TPSA) is 109 Å². The molecule has 7 nitrogen and oxygen atoms in total. The summed E-state index contributed by atoms with van der Waals surface area (Å²) in [6.45, 7) is 1.94. The van der Waals surface area contributed by atoms with Crippen molar-refractivity contribution in [2.24, 2.45) is 5.73 Å². The Bertz CT molecular complexity index is 1200. The van der Waals surface area contributed by atoms with E-state index >= 15 is 0 Å². The number of nitrogens with zero attached hydrogens (tertiary/aromatic N) is 3. The zero-order chi connectivity index (χ0) is 19.8. The average molecular weight is 373 g/mol. The van der Waals surface area contributed by atoms with Crippen molar-refractivity contribution in [1.82, 2.24) is 14.5 Å². The molecule has 4 N–H and O–H groups in total. The molecule has 4 aromatic rings. The minimum Gasteiger partial charge on any atom is -0.497 e. The fraction of sp³-hybridized carbons (Fsp3) is 0.0952. The number of ether oxygens (including phenoxy) is 1. The Labute approximate surface area is 161 Å².